The van der Waals surface area contributed by atoms with Crippen molar-refractivity contribution in [3.8, 4) is 18.1 Å². The summed E-state index contributed by atoms with van der Waals surface area (Å²) < 4.78 is 5.10. The summed E-state index contributed by atoms with van der Waals surface area (Å²) in [5.74, 6) is 5.24. The molecule has 0 aliphatic rings. The summed E-state index contributed by atoms with van der Waals surface area (Å²) in [6.45, 7) is 0.746. The van der Waals surface area contributed by atoms with Gasteiger partial charge < -0.3 is 10.1 Å². The Hall–Kier alpha value is -1.12. The fourth-order valence-electron chi connectivity index (χ4n) is 1.03. The molecule has 0 fully saturated rings. The van der Waals surface area contributed by atoms with Crippen molar-refractivity contribution >= 4 is 29.2 Å². The topological polar surface area (TPSA) is 47.0 Å². The van der Waals surface area contributed by atoms with Gasteiger partial charge >= 0.3 is 0 Å². The highest BCUT2D eigenvalue weighted by atomic mass is 35.5. The first kappa shape index (κ1) is 12.9. The number of rotatable bonds is 6. The third-order valence-electron chi connectivity index (χ3n) is 1.69. The number of terminal acetylenes is 1. The van der Waals surface area contributed by atoms with Crippen LogP contribution >= 0.6 is 23.4 Å². The second-order valence-electron chi connectivity index (χ2n) is 2.73. The number of aromatic nitrogens is 2. The molecule has 1 rings (SSSR count). The molecular weight excluding hydrogens is 246 g/mol. The fourth-order valence-corrected chi connectivity index (χ4v) is 1.75. The average molecular weight is 258 g/mol. The highest BCUT2D eigenvalue weighted by molar-refractivity contribution is 7.99. The Kier molecular flexibility index (Phi) is 5.83. The molecule has 1 heterocycles. The van der Waals surface area contributed by atoms with Crippen molar-refractivity contribution < 1.29 is 4.74 Å². The largest absolute Gasteiger partial charge is 0.490 e. The molecule has 0 radical (unpaired) electrons. The standard InChI is InChI=1S/C10H12ClN3OS/c1-3-5-16-6-4-12-10-8(15-2)9(11)13-7-14-10/h1,7H,4-6H2,2H3,(H,12,13,14). The van der Waals surface area contributed by atoms with E-state index in [9.17, 15) is 0 Å². The van der Waals surface area contributed by atoms with E-state index in [-0.39, 0.29) is 0 Å². The van der Waals surface area contributed by atoms with Gasteiger partial charge in [0.15, 0.2) is 16.7 Å². The summed E-state index contributed by atoms with van der Waals surface area (Å²) in [6, 6.07) is 0. The monoisotopic (exact) mass is 257 g/mol. The summed E-state index contributed by atoms with van der Waals surface area (Å²) in [6.07, 6.45) is 6.53. The molecule has 1 aromatic heterocycles. The first-order chi connectivity index (χ1) is 7.79. The van der Waals surface area contributed by atoms with Crippen LogP contribution in [0.15, 0.2) is 6.33 Å². The van der Waals surface area contributed by atoms with Gasteiger partial charge in [0.2, 0.25) is 0 Å². The molecule has 0 aromatic carbocycles. The minimum Gasteiger partial charge on any atom is -0.490 e. The van der Waals surface area contributed by atoms with Crippen LogP contribution in [0.2, 0.25) is 5.15 Å². The lowest BCUT2D eigenvalue weighted by molar-refractivity contribution is 0.413. The van der Waals surface area contributed by atoms with E-state index in [4.69, 9.17) is 22.8 Å². The maximum absolute atomic E-state index is 5.84. The second-order valence-corrected chi connectivity index (χ2v) is 4.19. The molecule has 0 amide bonds. The van der Waals surface area contributed by atoms with Crippen molar-refractivity contribution in [2.45, 2.75) is 0 Å². The lowest BCUT2D eigenvalue weighted by Gasteiger charge is -2.09. The highest BCUT2D eigenvalue weighted by Crippen LogP contribution is 2.28. The molecule has 1 N–H and O–H groups in total. The maximum Gasteiger partial charge on any atom is 0.198 e. The summed E-state index contributed by atoms with van der Waals surface area (Å²) in [5.41, 5.74) is 0. The molecule has 4 nitrogen and oxygen atoms in total. The zero-order chi connectivity index (χ0) is 11.8. The Morgan fingerprint density at radius 1 is 1.62 bits per heavy atom. The lowest BCUT2D eigenvalue weighted by Crippen LogP contribution is -2.08. The zero-order valence-electron chi connectivity index (χ0n) is 8.86. The van der Waals surface area contributed by atoms with E-state index in [1.165, 1.54) is 13.4 Å². The quantitative estimate of drug-likeness (QED) is 0.479. The Bertz CT molecular complexity index is 381. The van der Waals surface area contributed by atoms with Crippen LogP contribution in [-0.4, -0.2) is 35.1 Å². The summed E-state index contributed by atoms with van der Waals surface area (Å²) in [5, 5.41) is 3.42. The minimum atomic E-state index is 0.302. The normalized spacial score (nSPS) is 9.56. The van der Waals surface area contributed by atoms with Gasteiger partial charge in [-0.1, -0.05) is 17.5 Å². The highest BCUT2D eigenvalue weighted by Gasteiger charge is 2.08. The number of anilines is 1. The van der Waals surface area contributed by atoms with Gasteiger partial charge in [-0.3, -0.25) is 0 Å². The lowest BCUT2D eigenvalue weighted by atomic mass is 10.5. The van der Waals surface area contributed by atoms with Gasteiger partial charge in [-0.25, -0.2) is 9.97 Å². The second kappa shape index (κ2) is 7.20. The van der Waals surface area contributed by atoms with E-state index in [0.29, 0.717) is 22.5 Å². The van der Waals surface area contributed by atoms with Crippen LogP contribution < -0.4 is 10.1 Å². The molecule has 86 valence electrons. The van der Waals surface area contributed by atoms with Crippen LogP contribution in [0.25, 0.3) is 0 Å². The minimum absolute atomic E-state index is 0.302. The molecule has 0 atom stereocenters. The molecule has 0 unspecified atom stereocenters. The summed E-state index contributed by atoms with van der Waals surface area (Å²) in [7, 11) is 1.53. The van der Waals surface area contributed by atoms with Gasteiger partial charge in [0, 0.05) is 12.3 Å². The van der Waals surface area contributed by atoms with Gasteiger partial charge in [0.1, 0.15) is 6.33 Å². The smallest absolute Gasteiger partial charge is 0.198 e. The van der Waals surface area contributed by atoms with Crippen LogP contribution in [0.1, 0.15) is 0 Å². The Labute approximate surface area is 104 Å². The first-order valence-corrected chi connectivity index (χ1v) is 6.12. The number of halogens is 1. The van der Waals surface area contributed by atoms with E-state index < -0.39 is 0 Å². The van der Waals surface area contributed by atoms with E-state index in [1.807, 2.05) is 0 Å². The Morgan fingerprint density at radius 3 is 3.12 bits per heavy atom. The predicted molar refractivity (Wildman–Crippen MR) is 68.2 cm³/mol. The Morgan fingerprint density at radius 2 is 2.44 bits per heavy atom. The number of hydrogen-bond acceptors (Lipinski definition) is 5. The van der Waals surface area contributed by atoms with Crippen LogP contribution in [0, 0.1) is 12.3 Å². The molecule has 1 aromatic rings. The van der Waals surface area contributed by atoms with Crippen molar-refractivity contribution in [1.29, 1.82) is 0 Å². The van der Waals surface area contributed by atoms with Crippen molar-refractivity contribution in [3.63, 3.8) is 0 Å². The van der Waals surface area contributed by atoms with Crippen LogP contribution in [0.4, 0.5) is 5.82 Å². The first-order valence-electron chi connectivity index (χ1n) is 4.59. The van der Waals surface area contributed by atoms with Gasteiger partial charge in [-0.05, 0) is 0 Å². The third kappa shape index (κ3) is 3.80. The van der Waals surface area contributed by atoms with Crippen LogP contribution in [-0.2, 0) is 0 Å². The van der Waals surface area contributed by atoms with Crippen molar-refractivity contribution in [2.24, 2.45) is 0 Å². The molecule has 0 aliphatic carbocycles. The van der Waals surface area contributed by atoms with Crippen LogP contribution in [0.5, 0.6) is 5.75 Å². The number of hydrogen-bond donors (Lipinski definition) is 1. The van der Waals surface area contributed by atoms with Gasteiger partial charge in [-0.2, -0.15) is 0 Å². The number of nitrogens with zero attached hydrogens (tertiary/aromatic N) is 2. The number of nitrogens with one attached hydrogen (secondary N) is 1. The molecule has 6 heteroatoms. The number of thioether (sulfide) groups is 1. The van der Waals surface area contributed by atoms with Crippen molar-refractivity contribution in [3.05, 3.63) is 11.5 Å². The number of methoxy groups -OCH3 is 1. The molecule has 0 bridgehead atoms. The van der Waals surface area contributed by atoms with Crippen molar-refractivity contribution in [2.75, 3.05) is 30.5 Å². The summed E-state index contributed by atoms with van der Waals surface area (Å²) >= 11 is 7.52. The van der Waals surface area contributed by atoms with Gasteiger partial charge in [0.05, 0.1) is 12.9 Å². The molecule has 0 saturated heterocycles. The van der Waals surface area contributed by atoms with E-state index in [2.05, 4.69) is 21.2 Å². The fraction of sp³-hybridized carbons (Fsp3) is 0.400. The van der Waals surface area contributed by atoms with Gasteiger partial charge in [0.25, 0.3) is 0 Å². The Balaban J connectivity index is 2.47. The third-order valence-corrected chi connectivity index (χ3v) is 2.82. The molecule has 0 spiro atoms. The van der Waals surface area contributed by atoms with Gasteiger partial charge in [-0.15, -0.1) is 18.2 Å². The SMILES string of the molecule is C#CCSCCNc1ncnc(Cl)c1OC. The molecular formula is C10H12ClN3OS. The molecule has 0 aliphatic heterocycles. The zero-order valence-corrected chi connectivity index (χ0v) is 10.4. The molecule has 0 saturated carbocycles. The van der Waals surface area contributed by atoms with Crippen LogP contribution in [0.3, 0.4) is 0 Å². The summed E-state index contributed by atoms with van der Waals surface area (Å²) in [4.78, 5) is 7.87. The maximum atomic E-state index is 5.84. The van der Waals surface area contributed by atoms with E-state index in [0.717, 1.165) is 12.3 Å². The van der Waals surface area contributed by atoms with Crippen molar-refractivity contribution in [1.82, 2.24) is 9.97 Å². The predicted octanol–water partition coefficient (Wildman–Crippen LogP) is 1.92. The molecule has 16 heavy (non-hydrogen) atoms. The number of ether oxygens (including phenoxy) is 1. The van der Waals surface area contributed by atoms with E-state index in [1.54, 1.807) is 11.8 Å². The van der Waals surface area contributed by atoms with E-state index >= 15 is 0 Å². The average Bonchev–Trinajstić information content (AvgIpc) is 2.29.